The highest BCUT2D eigenvalue weighted by Crippen LogP contribution is 2.11. The van der Waals surface area contributed by atoms with E-state index in [9.17, 15) is 9.18 Å². The molecule has 0 heterocycles. The van der Waals surface area contributed by atoms with Gasteiger partial charge in [0.05, 0.1) is 6.61 Å². The van der Waals surface area contributed by atoms with Crippen molar-refractivity contribution in [2.45, 2.75) is 32.7 Å². The molecule has 0 bridgehead atoms. The predicted octanol–water partition coefficient (Wildman–Crippen LogP) is 2.68. The monoisotopic (exact) mass is 283 g/mol. The lowest BCUT2D eigenvalue weighted by molar-refractivity contribution is -0.140. The summed E-state index contributed by atoms with van der Waals surface area (Å²) in [5.74, 6) is -0.413. The van der Waals surface area contributed by atoms with E-state index in [1.807, 2.05) is 13.8 Å². The third-order valence-electron chi connectivity index (χ3n) is 3.25. The number of rotatable bonds is 9. The summed E-state index contributed by atoms with van der Waals surface area (Å²) in [4.78, 5) is 11.1. The lowest BCUT2D eigenvalue weighted by atomic mass is 9.99. The Bertz CT molecular complexity index is 408. The highest BCUT2D eigenvalue weighted by atomic mass is 19.1. The Morgan fingerprint density at radius 1 is 1.40 bits per heavy atom. The molecule has 0 radical (unpaired) electrons. The fourth-order valence-electron chi connectivity index (χ4n) is 1.82. The van der Waals surface area contributed by atoms with Crippen molar-refractivity contribution in [2.75, 3.05) is 13.2 Å². The van der Waals surface area contributed by atoms with E-state index in [-0.39, 0.29) is 11.7 Å². The van der Waals surface area contributed by atoms with Crippen LogP contribution in [0.25, 0.3) is 0 Å². The minimum Gasteiger partial charge on any atom is -0.494 e. The van der Waals surface area contributed by atoms with Crippen LogP contribution in [0.3, 0.4) is 0 Å². The van der Waals surface area contributed by atoms with Crippen LogP contribution in [0.2, 0.25) is 0 Å². The summed E-state index contributed by atoms with van der Waals surface area (Å²) < 4.78 is 18.1. The fourth-order valence-corrected chi connectivity index (χ4v) is 1.82. The zero-order valence-corrected chi connectivity index (χ0v) is 11.9. The van der Waals surface area contributed by atoms with Crippen LogP contribution in [-0.2, 0) is 4.79 Å². The Kier molecular flexibility index (Phi) is 7.01. The lowest BCUT2D eigenvalue weighted by Gasteiger charge is -2.20. The van der Waals surface area contributed by atoms with Crippen molar-refractivity contribution in [1.82, 2.24) is 5.32 Å². The summed E-state index contributed by atoms with van der Waals surface area (Å²) in [7, 11) is 0. The number of hydrogen-bond acceptors (Lipinski definition) is 3. The molecule has 2 N–H and O–H groups in total. The van der Waals surface area contributed by atoms with E-state index < -0.39 is 12.0 Å². The molecule has 4 nitrogen and oxygen atoms in total. The van der Waals surface area contributed by atoms with Crippen LogP contribution >= 0.6 is 0 Å². The molecule has 0 aliphatic carbocycles. The standard InChI is InChI=1S/C15H22FNO3/c1-3-11(2)14(15(18)19)17-9-4-10-20-13-7-5-12(16)6-8-13/h5-8,11,14,17H,3-4,9-10H2,1-2H3,(H,18,19)/t11-,14-/m0/s1. The second-order valence-corrected chi connectivity index (χ2v) is 4.81. The highest BCUT2D eigenvalue weighted by molar-refractivity contribution is 5.73. The Balaban J connectivity index is 2.23. The Labute approximate surface area is 119 Å². The van der Waals surface area contributed by atoms with Gasteiger partial charge in [-0.1, -0.05) is 20.3 Å². The first-order chi connectivity index (χ1) is 9.54. The van der Waals surface area contributed by atoms with E-state index in [0.717, 1.165) is 6.42 Å². The molecule has 1 rings (SSSR count). The molecule has 1 aromatic carbocycles. The second-order valence-electron chi connectivity index (χ2n) is 4.81. The van der Waals surface area contributed by atoms with Crippen molar-refractivity contribution in [3.8, 4) is 5.75 Å². The summed E-state index contributed by atoms with van der Waals surface area (Å²) in [5, 5.41) is 12.1. The molecule has 0 aliphatic heterocycles. The summed E-state index contributed by atoms with van der Waals surface area (Å²) in [6.07, 6.45) is 1.51. The minimum absolute atomic E-state index is 0.0884. The van der Waals surface area contributed by atoms with Gasteiger partial charge >= 0.3 is 5.97 Å². The van der Waals surface area contributed by atoms with Crippen LogP contribution in [0.5, 0.6) is 5.75 Å². The van der Waals surface area contributed by atoms with Crippen molar-refractivity contribution in [1.29, 1.82) is 0 Å². The number of carboxylic acid groups (broad SMARTS) is 1. The van der Waals surface area contributed by atoms with Gasteiger partial charge in [0.2, 0.25) is 0 Å². The van der Waals surface area contributed by atoms with Gasteiger partial charge in [-0.05, 0) is 43.1 Å². The molecule has 112 valence electrons. The first kappa shape index (κ1) is 16.4. The average Bonchev–Trinajstić information content (AvgIpc) is 2.43. The molecule has 0 aliphatic rings. The molecule has 20 heavy (non-hydrogen) atoms. The van der Waals surface area contributed by atoms with Crippen molar-refractivity contribution in [2.24, 2.45) is 5.92 Å². The van der Waals surface area contributed by atoms with Gasteiger partial charge in [-0.3, -0.25) is 4.79 Å². The molecule has 0 amide bonds. The van der Waals surface area contributed by atoms with Gasteiger partial charge in [-0.15, -0.1) is 0 Å². The molecule has 0 saturated heterocycles. The van der Waals surface area contributed by atoms with Gasteiger partial charge in [0.1, 0.15) is 17.6 Å². The Morgan fingerprint density at radius 2 is 2.05 bits per heavy atom. The first-order valence-electron chi connectivity index (χ1n) is 6.89. The molecule has 0 aromatic heterocycles. The van der Waals surface area contributed by atoms with Crippen LogP contribution in [-0.4, -0.2) is 30.3 Å². The van der Waals surface area contributed by atoms with E-state index in [1.165, 1.54) is 12.1 Å². The van der Waals surface area contributed by atoms with Crippen LogP contribution in [0, 0.1) is 11.7 Å². The van der Waals surface area contributed by atoms with E-state index >= 15 is 0 Å². The first-order valence-corrected chi connectivity index (χ1v) is 6.89. The van der Waals surface area contributed by atoms with Crippen LogP contribution in [0.4, 0.5) is 4.39 Å². The fraction of sp³-hybridized carbons (Fsp3) is 0.533. The molecule has 1 aromatic rings. The number of ether oxygens (including phenoxy) is 1. The van der Waals surface area contributed by atoms with Gasteiger partial charge in [0.15, 0.2) is 0 Å². The number of aliphatic carboxylic acids is 1. The number of benzene rings is 1. The molecular weight excluding hydrogens is 261 g/mol. The molecule has 0 unspecified atom stereocenters. The number of carbonyl (C=O) groups is 1. The van der Waals surface area contributed by atoms with Crippen LogP contribution in [0.15, 0.2) is 24.3 Å². The van der Waals surface area contributed by atoms with E-state index in [4.69, 9.17) is 9.84 Å². The maximum absolute atomic E-state index is 12.7. The normalized spacial score (nSPS) is 13.8. The van der Waals surface area contributed by atoms with Crippen molar-refractivity contribution in [3.05, 3.63) is 30.1 Å². The number of carboxylic acids is 1. The Morgan fingerprint density at radius 3 is 2.60 bits per heavy atom. The van der Waals surface area contributed by atoms with E-state index in [2.05, 4.69) is 5.32 Å². The quantitative estimate of drug-likeness (QED) is 0.684. The second kappa shape index (κ2) is 8.53. The number of nitrogens with one attached hydrogen (secondary N) is 1. The molecule has 0 saturated carbocycles. The van der Waals surface area contributed by atoms with Crippen LogP contribution in [0.1, 0.15) is 26.7 Å². The largest absolute Gasteiger partial charge is 0.494 e. The highest BCUT2D eigenvalue weighted by Gasteiger charge is 2.22. The van der Waals surface area contributed by atoms with Crippen molar-refractivity contribution in [3.63, 3.8) is 0 Å². The topological polar surface area (TPSA) is 58.6 Å². The Hall–Kier alpha value is -1.62. The van der Waals surface area contributed by atoms with Gasteiger partial charge < -0.3 is 15.2 Å². The lowest BCUT2D eigenvalue weighted by Crippen LogP contribution is -2.42. The van der Waals surface area contributed by atoms with E-state index in [0.29, 0.717) is 25.3 Å². The number of halogens is 1. The zero-order chi connectivity index (χ0) is 15.0. The molecular formula is C15H22FNO3. The summed E-state index contributed by atoms with van der Waals surface area (Å²) in [6, 6.07) is 5.31. The van der Waals surface area contributed by atoms with Gasteiger partial charge in [-0.25, -0.2) is 4.39 Å². The molecule has 2 atom stereocenters. The van der Waals surface area contributed by atoms with Gasteiger partial charge in [0.25, 0.3) is 0 Å². The molecule has 5 heteroatoms. The average molecular weight is 283 g/mol. The maximum Gasteiger partial charge on any atom is 0.320 e. The molecule has 0 fully saturated rings. The minimum atomic E-state index is -0.821. The summed E-state index contributed by atoms with van der Waals surface area (Å²) in [6.45, 7) is 4.93. The predicted molar refractivity (Wildman–Crippen MR) is 75.4 cm³/mol. The van der Waals surface area contributed by atoms with Gasteiger partial charge in [0, 0.05) is 0 Å². The number of hydrogen-bond donors (Lipinski definition) is 2. The SMILES string of the molecule is CC[C@H](C)[C@H](NCCCOc1ccc(F)cc1)C(=O)O. The van der Waals surface area contributed by atoms with E-state index in [1.54, 1.807) is 12.1 Å². The van der Waals surface area contributed by atoms with Crippen LogP contribution < -0.4 is 10.1 Å². The van der Waals surface area contributed by atoms with Crippen molar-refractivity contribution >= 4 is 5.97 Å². The summed E-state index contributed by atoms with van der Waals surface area (Å²) in [5.41, 5.74) is 0. The summed E-state index contributed by atoms with van der Waals surface area (Å²) >= 11 is 0. The zero-order valence-electron chi connectivity index (χ0n) is 11.9. The third kappa shape index (κ3) is 5.57. The van der Waals surface area contributed by atoms with Gasteiger partial charge in [-0.2, -0.15) is 0 Å². The smallest absolute Gasteiger partial charge is 0.320 e. The molecule has 0 spiro atoms. The third-order valence-corrected chi connectivity index (χ3v) is 3.25. The van der Waals surface area contributed by atoms with Crippen molar-refractivity contribution < 1.29 is 19.0 Å². The maximum atomic E-state index is 12.7.